The fraction of sp³-hybridized carbons (Fsp3) is 0.150. The molecule has 0 bridgehead atoms. The van der Waals surface area contributed by atoms with Crippen molar-refractivity contribution >= 4 is 11.9 Å². The van der Waals surface area contributed by atoms with Gasteiger partial charge in [0.2, 0.25) is 12.7 Å². The summed E-state index contributed by atoms with van der Waals surface area (Å²) in [6.45, 7) is 1.18. The van der Waals surface area contributed by atoms with Crippen molar-refractivity contribution in [3.05, 3.63) is 77.6 Å². The molecule has 2 heterocycles. The van der Waals surface area contributed by atoms with Crippen molar-refractivity contribution in [3.8, 4) is 11.5 Å². The molecule has 1 aliphatic rings. The molecule has 7 nitrogen and oxygen atoms in total. The number of rotatable bonds is 6. The molecule has 27 heavy (non-hydrogen) atoms. The Morgan fingerprint density at radius 3 is 2.70 bits per heavy atom. The molecule has 1 aliphatic heterocycles. The van der Waals surface area contributed by atoms with Crippen molar-refractivity contribution in [2.45, 2.75) is 13.1 Å². The third-order valence-electron chi connectivity index (χ3n) is 4.07. The first-order valence-corrected chi connectivity index (χ1v) is 8.55. The van der Waals surface area contributed by atoms with Crippen LogP contribution in [0.2, 0.25) is 0 Å². The summed E-state index contributed by atoms with van der Waals surface area (Å²) in [4.78, 5) is 20.8. The lowest BCUT2D eigenvalue weighted by atomic mass is 10.2. The SMILES string of the molecule is O=C(NCc1ccc2c(c1)OCO2)c1ccnc(NCc2ccccc2)n1. The molecule has 0 unspecified atom stereocenters. The van der Waals surface area contributed by atoms with Crippen molar-refractivity contribution in [1.29, 1.82) is 0 Å². The van der Waals surface area contributed by atoms with Crippen LogP contribution >= 0.6 is 0 Å². The van der Waals surface area contributed by atoms with Gasteiger partial charge in [0.25, 0.3) is 5.91 Å². The number of ether oxygens (including phenoxy) is 2. The molecule has 0 atom stereocenters. The Balaban J connectivity index is 1.36. The number of benzene rings is 2. The van der Waals surface area contributed by atoms with Gasteiger partial charge in [-0.3, -0.25) is 4.79 Å². The van der Waals surface area contributed by atoms with Crippen LogP contribution < -0.4 is 20.1 Å². The number of carbonyl (C=O) groups is 1. The Kier molecular flexibility index (Phi) is 4.82. The second-order valence-electron chi connectivity index (χ2n) is 5.97. The van der Waals surface area contributed by atoms with Gasteiger partial charge in [-0.05, 0) is 29.3 Å². The number of carbonyl (C=O) groups excluding carboxylic acids is 1. The summed E-state index contributed by atoms with van der Waals surface area (Å²) in [5.41, 5.74) is 2.34. The Hall–Kier alpha value is -3.61. The van der Waals surface area contributed by atoms with E-state index in [4.69, 9.17) is 9.47 Å². The molecule has 2 N–H and O–H groups in total. The van der Waals surface area contributed by atoms with Gasteiger partial charge in [0, 0.05) is 19.3 Å². The molecule has 4 rings (SSSR count). The normalized spacial score (nSPS) is 11.9. The van der Waals surface area contributed by atoms with E-state index in [9.17, 15) is 4.79 Å². The maximum atomic E-state index is 12.4. The third-order valence-corrected chi connectivity index (χ3v) is 4.07. The molecule has 7 heteroatoms. The topological polar surface area (TPSA) is 85.4 Å². The maximum Gasteiger partial charge on any atom is 0.270 e. The molecule has 1 amide bonds. The van der Waals surface area contributed by atoms with E-state index in [-0.39, 0.29) is 12.7 Å². The van der Waals surface area contributed by atoms with Gasteiger partial charge in [-0.25, -0.2) is 9.97 Å². The Labute approximate surface area is 156 Å². The summed E-state index contributed by atoms with van der Waals surface area (Å²) in [5, 5.41) is 5.98. The monoisotopic (exact) mass is 362 g/mol. The maximum absolute atomic E-state index is 12.4. The zero-order chi connectivity index (χ0) is 18.5. The largest absolute Gasteiger partial charge is 0.454 e. The van der Waals surface area contributed by atoms with Crippen molar-refractivity contribution < 1.29 is 14.3 Å². The number of nitrogens with one attached hydrogen (secondary N) is 2. The van der Waals surface area contributed by atoms with Gasteiger partial charge in [0.15, 0.2) is 11.5 Å². The summed E-state index contributed by atoms with van der Waals surface area (Å²) in [5.74, 6) is 1.55. The van der Waals surface area contributed by atoms with Crippen LogP contribution in [0.3, 0.4) is 0 Å². The Morgan fingerprint density at radius 1 is 0.963 bits per heavy atom. The standard InChI is InChI=1S/C20H18N4O3/c25-19(22-12-15-6-7-17-18(10-15)27-13-26-17)16-8-9-21-20(24-16)23-11-14-4-2-1-3-5-14/h1-10H,11-13H2,(H,22,25)(H,21,23,24). The summed E-state index contributed by atoms with van der Waals surface area (Å²) in [6.07, 6.45) is 1.57. The second-order valence-corrected chi connectivity index (χ2v) is 5.97. The van der Waals surface area contributed by atoms with E-state index < -0.39 is 0 Å². The number of hydrogen-bond acceptors (Lipinski definition) is 6. The highest BCUT2D eigenvalue weighted by atomic mass is 16.7. The van der Waals surface area contributed by atoms with Crippen LogP contribution in [-0.4, -0.2) is 22.7 Å². The summed E-state index contributed by atoms with van der Waals surface area (Å²) < 4.78 is 10.6. The van der Waals surface area contributed by atoms with Crippen LogP contribution in [0.1, 0.15) is 21.6 Å². The highest BCUT2D eigenvalue weighted by Gasteiger charge is 2.14. The first-order valence-electron chi connectivity index (χ1n) is 8.55. The molecule has 0 spiro atoms. The van der Waals surface area contributed by atoms with Crippen LogP contribution in [0.4, 0.5) is 5.95 Å². The predicted octanol–water partition coefficient (Wildman–Crippen LogP) is 2.75. The van der Waals surface area contributed by atoms with Gasteiger partial charge in [0.1, 0.15) is 5.69 Å². The molecule has 136 valence electrons. The average Bonchev–Trinajstić information content (AvgIpc) is 3.19. The zero-order valence-electron chi connectivity index (χ0n) is 14.5. The van der Waals surface area contributed by atoms with E-state index in [0.29, 0.717) is 30.5 Å². The van der Waals surface area contributed by atoms with E-state index in [0.717, 1.165) is 16.9 Å². The van der Waals surface area contributed by atoms with Crippen LogP contribution in [0, 0.1) is 0 Å². The van der Waals surface area contributed by atoms with Crippen molar-refractivity contribution in [2.75, 3.05) is 12.1 Å². The van der Waals surface area contributed by atoms with E-state index in [1.807, 2.05) is 48.5 Å². The van der Waals surface area contributed by atoms with Crippen molar-refractivity contribution in [3.63, 3.8) is 0 Å². The van der Waals surface area contributed by atoms with Crippen molar-refractivity contribution in [1.82, 2.24) is 15.3 Å². The quantitative estimate of drug-likeness (QED) is 0.701. The molecule has 2 aromatic carbocycles. The van der Waals surface area contributed by atoms with Gasteiger partial charge in [-0.2, -0.15) is 0 Å². The molecule has 0 aliphatic carbocycles. The average molecular weight is 362 g/mol. The fourth-order valence-corrected chi connectivity index (χ4v) is 2.67. The van der Waals surface area contributed by atoms with E-state index in [1.165, 1.54) is 0 Å². The third kappa shape index (κ3) is 4.14. The number of amides is 1. The first kappa shape index (κ1) is 16.8. The van der Waals surface area contributed by atoms with E-state index >= 15 is 0 Å². The molecule has 0 saturated heterocycles. The molecule has 0 saturated carbocycles. The highest BCUT2D eigenvalue weighted by molar-refractivity contribution is 5.92. The first-order chi connectivity index (χ1) is 13.3. The zero-order valence-corrected chi connectivity index (χ0v) is 14.5. The lowest BCUT2D eigenvalue weighted by molar-refractivity contribution is 0.0946. The second kappa shape index (κ2) is 7.74. The summed E-state index contributed by atoms with van der Waals surface area (Å²) >= 11 is 0. The van der Waals surface area contributed by atoms with Gasteiger partial charge >= 0.3 is 0 Å². The number of anilines is 1. The number of fused-ring (bicyclic) bond motifs is 1. The van der Waals surface area contributed by atoms with Crippen molar-refractivity contribution in [2.24, 2.45) is 0 Å². The number of aromatic nitrogens is 2. The predicted molar refractivity (Wildman–Crippen MR) is 99.5 cm³/mol. The van der Waals surface area contributed by atoms with Crippen LogP contribution in [-0.2, 0) is 13.1 Å². The Morgan fingerprint density at radius 2 is 1.81 bits per heavy atom. The van der Waals surface area contributed by atoms with Gasteiger partial charge in [-0.15, -0.1) is 0 Å². The van der Waals surface area contributed by atoms with Gasteiger partial charge in [0.05, 0.1) is 0 Å². The van der Waals surface area contributed by atoms with Crippen LogP contribution in [0.5, 0.6) is 11.5 Å². The molecule has 0 radical (unpaired) electrons. The van der Waals surface area contributed by atoms with E-state index in [2.05, 4.69) is 20.6 Å². The van der Waals surface area contributed by atoms with Gasteiger partial charge < -0.3 is 20.1 Å². The number of nitrogens with zero attached hydrogens (tertiary/aromatic N) is 2. The molecular formula is C20H18N4O3. The minimum atomic E-state index is -0.266. The van der Waals surface area contributed by atoms with Crippen LogP contribution in [0.15, 0.2) is 60.8 Å². The molecular weight excluding hydrogens is 344 g/mol. The smallest absolute Gasteiger partial charge is 0.270 e. The summed E-state index contributed by atoms with van der Waals surface area (Å²) in [6, 6.07) is 17.1. The number of hydrogen-bond donors (Lipinski definition) is 2. The highest BCUT2D eigenvalue weighted by Crippen LogP contribution is 2.32. The minimum absolute atomic E-state index is 0.227. The minimum Gasteiger partial charge on any atom is -0.454 e. The Bertz CT molecular complexity index is 947. The molecule has 0 fully saturated rings. The molecule has 1 aromatic heterocycles. The van der Waals surface area contributed by atoms with Crippen LogP contribution in [0.25, 0.3) is 0 Å². The summed E-state index contributed by atoms with van der Waals surface area (Å²) in [7, 11) is 0. The lowest BCUT2D eigenvalue weighted by Gasteiger charge is -2.08. The van der Waals surface area contributed by atoms with Gasteiger partial charge in [-0.1, -0.05) is 36.4 Å². The van der Waals surface area contributed by atoms with E-state index in [1.54, 1.807) is 12.3 Å². The lowest BCUT2D eigenvalue weighted by Crippen LogP contribution is -2.24. The fourth-order valence-electron chi connectivity index (χ4n) is 2.67. The molecule has 3 aromatic rings.